The smallest absolute Gasteiger partial charge is 0.127 e. The molecule has 1 unspecified atom stereocenters. The van der Waals surface area contributed by atoms with Crippen molar-refractivity contribution in [3.05, 3.63) is 42.0 Å². The Labute approximate surface area is 88.2 Å². The predicted octanol–water partition coefficient (Wildman–Crippen LogP) is 2.85. The fraction of sp³-hybridized carbons (Fsp3) is 0.154. The molecular formula is C13H12O2. The van der Waals surface area contributed by atoms with Gasteiger partial charge in [-0.25, -0.2) is 0 Å². The second-order valence-corrected chi connectivity index (χ2v) is 3.64. The molecule has 0 fully saturated rings. The molecule has 0 aliphatic carbocycles. The first-order chi connectivity index (χ1) is 7.24. The summed E-state index contributed by atoms with van der Waals surface area (Å²) in [5.74, 6) is -0.0931. The second kappa shape index (κ2) is 3.73. The summed E-state index contributed by atoms with van der Waals surface area (Å²) in [6.45, 7) is 1.79. The van der Waals surface area contributed by atoms with Crippen LogP contribution in [-0.4, -0.2) is 11.4 Å². The van der Waals surface area contributed by atoms with Crippen molar-refractivity contribution in [2.75, 3.05) is 0 Å². The third-order valence-electron chi connectivity index (χ3n) is 2.61. The topological polar surface area (TPSA) is 37.3 Å². The van der Waals surface area contributed by atoms with Gasteiger partial charge in [0.25, 0.3) is 0 Å². The highest BCUT2D eigenvalue weighted by Crippen LogP contribution is 2.32. The molecule has 76 valence electrons. The fourth-order valence-electron chi connectivity index (χ4n) is 1.83. The number of rotatable bonds is 2. The largest absolute Gasteiger partial charge is 0.508 e. The molecule has 2 heteroatoms. The third kappa shape index (κ3) is 1.59. The van der Waals surface area contributed by atoms with E-state index < -0.39 is 0 Å². The molecule has 2 aromatic carbocycles. The second-order valence-electron chi connectivity index (χ2n) is 3.64. The maximum atomic E-state index is 10.8. The van der Waals surface area contributed by atoms with Crippen molar-refractivity contribution in [3.8, 4) is 5.75 Å². The van der Waals surface area contributed by atoms with Crippen molar-refractivity contribution in [2.45, 2.75) is 12.8 Å². The van der Waals surface area contributed by atoms with Crippen LogP contribution in [0.3, 0.4) is 0 Å². The molecule has 0 heterocycles. The quantitative estimate of drug-likeness (QED) is 0.757. The van der Waals surface area contributed by atoms with Gasteiger partial charge >= 0.3 is 0 Å². The molecule has 0 aromatic heterocycles. The zero-order chi connectivity index (χ0) is 10.8. The molecule has 1 N–H and O–H groups in total. The lowest BCUT2D eigenvalue weighted by atomic mass is 9.95. The molecule has 0 amide bonds. The number of phenolic OH excluding ortho intramolecular Hbond substituents is 1. The van der Waals surface area contributed by atoms with Gasteiger partial charge in [0.15, 0.2) is 0 Å². The Hall–Kier alpha value is -1.83. The number of benzene rings is 2. The number of hydrogen-bond donors (Lipinski definition) is 1. The number of aromatic hydroxyl groups is 1. The summed E-state index contributed by atoms with van der Waals surface area (Å²) >= 11 is 0. The van der Waals surface area contributed by atoms with Gasteiger partial charge in [-0.15, -0.1) is 0 Å². The van der Waals surface area contributed by atoms with E-state index in [0.717, 1.165) is 17.1 Å². The Balaban J connectivity index is 2.79. The van der Waals surface area contributed by atoms with Crippen molar-refractivity contribution in [1.82, 2.24) is 0 Å². The zero-order valence-corrected chi connectivity index (χ0v) is 8.47. The molecule has 1 atom stereocenters. The van der Waals surface area contributed by atoms with Crippen molar-refractivity contribution in [3.63, 3.8) is 0 Å². The van der Waals surface area contributed by atoms with Crippen LogP contribution in [0.25, 0.3) is 10.8 Å². The van der Waals surface area contributed by atoms with E-state index in [-0.39, 0.29) is 11.7 Å². The molecule has 2 aromatic rings. The van der Waals surface area contributed by atoms with Crippen LogP contribution in [-0.2, 0) is 4.79 Å². The Morgan fingerprint density at radius 3 is 2.67 bits per heavy atom. The van der Waals surface area contributed by atoms with Crippen LogP contribution in [0, 0.1) is 0 Å². The van der Waals surface area contributed by atoms with Crippen molar-refractivity contribution >= 4 is 17.1 Å². The van der Waals surface area contributed by atoms with E-state index in [4.69, 9.17) is 0 Å². The van der Waals surface area contributed by atoms with Crippen LogP contribution in [0.15, 0.2) is 36.4 Å². The lowest BCUT2D eigenvalue weighted by Gasteiger charge is -2.11. The molecule has 0 radical (unpaired) electrons. The summed E-state index contributed by atoms with van der Waals surface area (Å²) in [6.07, 6.45) is 0.849. The number of carbonyl (C=O) groups is 1. The molecule has 2 rings (SSSR count). The van der Waals surface area contributed by atoms with Crippen LogP contribution in [0.2, 0.25) is 0 Å². The highest BCUT2D eigenvalue weighted by molar-refractivity contribution is 5.90. The van der Waals surface area contributed by atoms with E-state index in [1.807, 2.05) is 30.3 Å². The standard InChI is InChI=1S/C13H12O2/c1-9(8-14)13-11-5-3-2-4-10(11)6-7-12(13)15/h2-9,15H,1H3. The van der Waals surface area contributed by atoms with Crippen molar-refractivity contribution in [2.24, 2.45) is 0 Å². The predicted molar refractivity (Wildman–Crippen MR) is 60.1 cm³/mol. The average molecular weight is 200 g/mol. The fourth-order valence-corrected chi connectivity index (χ4v) is 1.83. The van der Waals surface area contributed by atoms with Crippen LogP contribution >= 0.6 is 0 Å². The maximum absolute atomic E-state index is 10.8. The number of fused-ring (bicyclic) bond motifs is 1. The third-order valence-corrected chi connectivity index (χ3v) is 2.61. The van der Waals surface area contributed by atoms with Gasteiger partial charge in [-0.1, -0.05) is 37.3 Å². The highest BCUT2D eigenvalue weighted by atomic mass is 16.3. The lowest BCUT2D eigenvalue weighted by molar-refractivity contribution is -0.108. The summed E-state index contributed by atoms with van der Waals surface area (Å²) in [4.78, 5) is 10.8. The minimum absolute atomic E-state index is 0.188. The Kier molecular flexibility index (Phi) is 2.42. The first-order valence-electron chi connectivity index (χ1n) is 4.90. The van der Waals surface area contributed by atoms with Crippen molar-refractivity contribution < 1.29 is 9.90 Å². The minimum atomic E-state index is -0.281. The molecule has 0 aliphatic heterocycles. The van der Waals surface area contributed by atoms with Gasteiger partial charge in [0.05, 0.1) is 0 Å². The van der Waals surface area contributed by atoms with E-state index in [0.29, 0.717) is 5.56 Å². The van der Waals surface area contributed by atoms with Gasteiger partial charge in [-0.2, -0.15) is 0 Å². The normalized spacial score (nSPS) is 12.6. The number of aldehydes is 1. The molecular weight excluding hydrogens is 188 g/mol. The number of carbonyl (C=O) groups excluding carboxylic acids is 1. The van der Waals surface area contributed by atoms with E-state index in [1.165, 1.54) is 0 Å². The SMILES string of the molecule is CC(C=O)c1c(O)ccc2ccccc12. The van der Waals surface area contributed by atoms with Gasteiger partial charge in [-0.05, 0) is 16.8 Å². The average Bonchev–Trinajstić information content (AvgIpc) is 2.28. The molecule has 0 saturated carbocycles. The molecule has 0 aliphatic rings. The van der Waals surface area contributed by atoms with Gasteiger partial charge < -0.3 is 9.90 Å². The lowest BCUT2D eigenvalue weighted by Crippen LogP contribution is -1.96. The summed E-state index contributed by atoms with van der Waals surface area (Å²) < 4.78 is 0. The maximum Gasteiger partial charge on any atom is 0.127 e. The van der Waals surface area contributed by atoms with E-state index in [2.05, 4.69) is 0 Å². The Morgan fingerprint density at radius 1 is 1.20 bits per heavy atom. The summed E-state index contributed by atoms with van der Waals surface area (Å²) in [5.41, 5.74) is 0.711. The Morgan fingerprint density at radius 2 is 1.93 bits per heavy atom. The van der Waals surface area contributed by atoms with Gasteiger partial charge in [0.1, 0.15) is 12.0 Å². The van der Waals surface area contributed by atoms with Crippen LogP contribution < -0.4 is 0 Å². The van der Waals surface area contributed by atoms with Gasteiger partial charge in [-0.3, -0.25) is 0 Å². The number of hydrogen-bond acceptors (Lipinski definition) is 2. The first-order valence-corrected chi connectivity index (χ1v) is 4.90. The van der Waals surface area contributed by atoms with E-state index >= 15 is 0 Å². The molecule has 0 saturated heterocycles. The zero-order valence-electron chi connectivity index (χ0n) is 8.47. The minimum Gasteiger partial charge on any atom is -0.508 e. The van der Waals surface area contributed by atoms with E-state index in [9.17, 15) is 9.90 Å². The first kappa shape index (κ1) is 9.71. The van der Waals surface area contributed by atoms with Crippen LogP contribution in [0.5, 0.6) is 5.75 Å². The van der Waals surface area contributed by atoms with Crippen molar-refractivity contribution in [1.29, 1.82) is 0 Å². The van der Waals surface area contributed by atoms with Crippen LogP contribution in [0.1, 0.15) is 18.4 Å². The summed E-state index contributed by atoms with van der Waals surface area (Å²) in [6, 6.07) is 11.2. The van der Waals surface area contributed by atoms with Gasteiger partial charge in [0, 0.05) is 11.5 Å². The molecule has 15 heavy (non-hydrogen) atoms. The molecule has 0 bridgehead atoms. The summed E-state index contributed by atoms with van der Waals surface area (Å²) in [7, 11) is 0. The molecule has 0 spiro atoms. The van der Waals surface area contributed by atoms with Crippen LogP contribution in [0.4, 0.5) is 0 Å². The molecule has 2 nitrogen and oxygen atoms in total. The van der Waals surface area contributed by atoms with Gasteiger partial charge in [0.2, 0.25) is 0 Å². The highest BCUT2D eigenvalue weighted by Gasteiger charge is 2.12. The summed E-state index contributed by atoms with van der Waals surface area (Å²) in [5, 5.41) is 11.7. The monoisotopic (exact) mass is 200 g/mol. The Bertz CT molecular complexity index is 503. The number of phenols is 1. The van der Waals surface area contributed by atoms with E-state index in [1.54, 1.807) is 13.0 Å².